The van der Waals surface area contributed by atoms with E-state index in [0.29, 0.717) is 12.2 Å². The van der Waals surface area contributed by atoms with Crippen LogP contribution in [0.3, 0.4) is 0 Å². The van der Waals surface area contributed by atoms with Crippen LogP contribution in [0.4, 0.5) is 4.39 Å². The molecule has 3 nitrogen and oxygen atoms in total. The molecule has 1 aromatic heterocycles. The summed E-state index contributed by atoms with van der Waals surface area (Å²) in [5.41, 5.74) is 9.59. The molecule has 1 unspecified atom stereocenters. The highest BCUT2D eigenvalue weighted by Gasteiger charge is 2.22. The average molecular weight is 523 g/mol. The number of furan rings is 1. The first-order valence-corrected chi connectivity index (χ1v) is 14.2. The van der Waals surface area contributed by atoms with E-state index in [1.54, 1.807) is 12.3 Å². The van der Waals surface area contributed by atoms with Crippen LogP contribution >= 0.6 is 0 Å². The molecule has 6 rings (SSSR count). The second-order valence-electron chi connectivity index (χ2n) is 10.8. The maximum Gasteiger partial charge on any atom is 0.133 e. The molecule has 2 aliphatic rings. The van der Waals surface area contributed by atoms with Gasteiger partial charge in [0.05, 0.1) is 12.9 Å². The minimum Gasteiger partial charge on any atom is -0.508 e. The Hall–Kier alpha value is -3.79. The van der Waals surface area contributed by atoms with Crippen LogP contribution in [0.25, 0.3) is 22.1 Å². The minimum atomic E-state index is -0.221. The largest absolute Gasteiger partial charge is 0.508 e. The zero-order chi connectivity index (χ0) is 26.6. The molecule has 1 heterocycles. The molecule has 1 atom stereocenters. The second-order valence-corrected chi connectivity index (χ2v) is 10.8. The molecule has 0 fully saturated rings. The molecule has 2 aliphatic carbocycles. The molecule has 0 spiro atoms. The molecule has 3 aromatic carbocycles. The zero-order valence-electron chi connectivity index (χ0n) is 22.3. The predicted octanol–water partition coefficient (Wildman–Crippen LogP) is 9.43. The third-order valence-corrected chi connectivity index (χ3v) is 8.12. The van der Waals surface area contributed by atoms with Gasteiger partial charge in [0.2, 0.25) is 0 Å². The van der Waals surface area contributed by atoms with E-state index in [-0.39, 0.29) is 12.8 Å². The number of alkyl halides is 1. The predicted molar refractivity (Wildman–Crippen MR) is 156 cm³/mol. The average Bonchev–Trinajstić information content (AvgIpc) is 3.35. The number of rotatable bonds is 8. The van der Waals surface area contributed by atoms with Crippen molar-refractivity contribution >= 4 is 22.1 Å². The van der Waals surface area contributed by atoms with E-state index in [9.17, 15) is 9.50 Å². The molecule has 0 saturated heterocycles. The highest BCUT2D eigenvalue weighted by molar-refractivity contribution is 6.01. The van der Waals surface area contributed by atoms with Gasteiger partial charge in [-0.2, -0.15) is 0 Å². The molecule has 4 aromatic rings. The molecule has 0 bridgehead atoms. The van der Waals surface area contributed by atoms with Crippen molar-refractivity contribution in [2.24, 2.45) is 0 Å². The normalized spacial score (nSPS) is 17.6. The lowest BCUT2D eigenvalue weighted by Crippen LogP contribution is -2.19. The smallest absolute Gasteiger partial charge is 0.133 e. The van der Waals surface area contributed by atoms with E-state index in [1.807, 2.05) is 12.1 Å². The summed E-state index contributed by atoms with van der Waals surface area (Å²) in [5.74, 6) is 1.20. The van der Waals surface area contributed by atoms with E-state index >= 15 is 0 Å². The fraction of sp³-hybridized carbons (Fsp3) is 0.314. The number of aryl methyl sites for hydroxylation is 1. The van der Waals surface area contributed by atoms with Crippen LogP contribution in [-0.4, -0.2) is 17.9 Å². The van der Waals surface area contributed by atoms with Crippen molar-refractivity contribution in [3.8, 4) is 11.5 Å². The molecule has 39 heavy (non-hydrogen) atoms. The van der Waals surface area contributed by atoms with Crippen LogP contribution in [0, 0.1) is 0 Å². The summed E-state index contributed by atoms with van der Waals surface area (Å²) in [4.78, 5) is 0. The number of aromatic hydroxyl groups is 1. The van der Waals surface area contributed by atoms with Gasteiger partial charge in [0, 0.05) is 11.8 Å². The molecular weight excluding hydrogens is 487 g/mol. The Morgan fingerprint density at radius 2 is 1.77 bits per heavy atom. The first-order chi connectivity index (χ1) is 19.2. The van der Waals surface area contributed by atoms with Crippen LogP contribution in [0.1, 0.15) is 73.6 Å². The number of hydrogen-bond donors (Lipinski definition) is 1. The number of unbranched alkanes of at least 4 members (excludes halogenated alkanes) is 1. The Bertz CT molecular complexity index is 1510. The quantitative estimate of drug-likeness (QED) is 0.185. The molecule has 4 heteroatoms. The van der Waals surface area contributed by atoms with Crippen LogP contribution in [-0.2, 0) is 6.42 Å². The number of allylic oxidation sites excluding steroid dienone is 2. The summed E-state index contributed by atoms with van der Waals surface area (Å²) in [6, 6.07) is 22.7. The molecule has 0 saturated carbocycles. The van der Waals surface area contributed by atoms with E-state index < -0.39 is 0 Å². The summed E-state index contributed by atoms with van der Waals surface area (Å²) in [5, 5.41) is 11.3. The molecular formula is C35H35FO3. The fourth-order valence-electron chi connectivity index (χ4n) is 6.08. The lowest BCUT2D eigenvalue weighted by molar-refractivity contribution is 0.188. The summed E-state index contributed by atoms with van der Waals surface area (Å²) >= 11 is 0. The number of fused-ring (bicyclic) bond motifs is 2. The monoisotopic (exact) mass is 522 g/mol. The van der Waals surface area contributed by atoms with Crippen molar-refractivity contribution in [3.05, 3.63) is 107 Å². The minimum absolute atomic E-state index is 0.179. The first-order valence-electron chi connectivity index (χ1n) is 14.2. The lowest BCUT2D eigenvalue weighted by atomic mass is 9.87. The Morgan fingerprint density at radius 3 is 2.59 bits per heavy atom. The van der Waals surface area contributed by atoms with Crippen LogP contribution < -0.4 is 4.74 Å². The number of halogens is 1. The molecule has 0 amide bonds. The SMILES string of the molecule is Oc1ccc2c(c1)CCCC(c1ccc3occc3c1)=C2c1ccc(OC2CC=C(CCCCF)CC2)cc1. The topological polar surface area (TPSA) is 42.6 Å². The molecule has 200 valence electrons. The number of ether oxygens (including phenoxy) is 1. The summed E-state index contributed by atoms with van der Waals surface area (Å²) in [6.45, 7) is -0.221. The van der Waals surface area contributed by atoms with E-state index in [2.05, 4.69) is 54.6 Å². The van der Waals surface area contributed by atoms with E-state index in [4.69, 9.17) is 9.15 Å². The molecule has 0 aliphatic heterocycles. The van der Waals surface area contributed by atoms with Crippen molar-refractivity contribution in [1.29, 1.82) is 0 Å². The third-order valence-electron chi connectivity index (χ3n) is 8.12. The van der Waals surface area contributed by atoms with Gasteiger partial charge in [-0.1, -0.05) is 35.9 Å². The molecule has 0 radical (unpaired) electrons. The van der Waals surface area contributed by atoms with Crippen molar-refractivity contribution in [1.82, 2.24) is 0 Å². The Kier molecular flexibility index (Phi) is 7.53. The van der Waals surface area contributed by atoms with Gasteiger partial charge in [0.1, 0.15) is 23.2 Å². The van der Waals surface area contributed by atoms with Crippen molar-refractivity contribution in [2.45, 2.75) is 63.9 Å². The summed E-state index contributed by atoms with van der Waals surface area (Å²) in [6.07, 6.45) is 12.7. The van der Waals surface area contributed by atoms with E-state index in [0.717, 1.165) is 73.6 Å². The Morgan fingerprint density at radius 1 is 0.897 bits per heavy atom. The van der Waals surface area contributed by atoms with Crippen molar-refractivity contribution < 1.29 is 18.7 Å². The van der Waals surface area contributed by atoms with Crippen LogP contribution in [0.15, 0.2) is 89.1 Å². The molecule has 1 N–H and O–H groups in total. The zero-order valence-corrected chi connectivity index (χ0v) is 22.3. The highest BCUT2D eigenvalue weighted by atomic mass is 19.1. The van der Waals surface area contributed by atoms with Gasteiger partial charge in [-0.05, 0) is 127 Å². The van der Waals surface area contributed by atoms with Gasteiger partial charge in [-0.15, -0.1) is 0 Å². The standard InChI is InChI=1S/C35H35FO3/c36-20-2-1-4-24-7-13-30(14-8-24)39-31-15-9-25(10-16-31)35-32(27-11-18-34-28(22-27)19-21-38-34)6-3-5-26-23-29(37)12-17-33(26)35/h7,9-12,15-19,21-23,30,37H,1-6,8,13-14,20H2. The highest BCUT2D eigenvalue weighted by Crippen LogP contribution is 2.41. The van der Waals surface area contributed by atoms with Gasteiger partial charge in [0.15, 0.2) is 0 Å². The summed E-state index contributed by atoms with van der Waals surface area (Å²) < 4.78 is 24.4. The van der Waals surface area contributed by atoms with Gasteiger partial charge < -0.3 is 14.3 Å². The maximum absolute atomic E-state index is 12.4. The number of phenolic OH excluding ortho intramolecular Hbond substituents is 1. The lowest BCUT2D eigenvalue weighted by Gasteiger charge is -2.23. The van der Waals surface area contributed by atoms with E-state index in [1.165, 1.54) is 33.4 Å². The Balaban J connectivity index is 1.30. The number of hydrogen-bond acceptors (Lipinski definition) is 3. The van der Waals surface area contributed by atoms with Gasteiger partial charge in [0.25, 0.3) is 0 Å². The maximum atomic E-state index is 12.4. The summed E-state index contributed by atoms with van der Waals surface area (Å²) in [7, 11) is 0. The third kappa shape index (κ3) is 5.66. The number of benzene rings is 3. The fourth-order valence-corrected chi connectivity index (χ4v) is 6.08. The Labute approximate surface area is 229 Å². The second kappa shape index (κ2) is 11.5. The van der Waals surface area contributed by atoms with Gasteiger partial charge in [-0.3, -0.25) is 4.39 Å². The van der Waals surface area contributed by atoms with Crippen molar-refractivity contribution in [3.63, 3.8) is 0 Å². The van der Waals surface area contributed by atoms with Gasteiger partial charge in [-0.25, -0.2) is 0 Å². The van der Waals surface area contributed by atoms with Crippen LogP contribution in [0.2, 0.25) is 0 Å². The van der Waals surface area contributed by atoms with Gasteiger partial charge >= 0.3 is 0 Å². The van der Waals surface area contributed by atoms with Crippen LogP contribution in [0.5, 0.6) is 11.5 Å². The number of phenols is 1. The van der Waals surface area contributed by atoms with Crippen molar-refractivity contribution in [2.75, 3.05) is 6.67 Å². The first kappa shape index (κ1) is 25.5.